The fraction of sp³-hybridized carbons (Fsp3) is 0.286. The van der Waals surface area contributed by atoms with Gasteiger partial charge in [-0.05, 0) is 0 Å². The fourth-order valence-electron chi connectivity index (χ4n) is 1.07. The molecule has 0 radical (unpaired) electrons. The van der Waals surface area contributed by atoms with Gasteiger partial charge in [0.15, 0.2) is 0 Å². The zero-order valence-electron chi connectivity index (χ0n) is 7.11. The molecule has 6 nitrogen and oxygen atoms in total. The summed E-state index contributed by atoms with van der Waals surface area (Å²) < 4.78 is 0. The van der Waals surface area contributed by atoms with E-state index in [1.165, 1.54) is 6.20 Å². The van der Waals surface area contributed by atoms with Crippen LogP contribution in [0, 0.1) is 0 Å². The maximum atomic E-state index is 11.5. The molecule has 2 amide bonds. The number of anilines is 1. The Hall–Kier alpha value is -1.50. The number of aromatic nitrogens is 2. The third-order valence-corrected chi connectivity index (χ3v) is 2.64. The van der Waals surface area contributed by atoms with Gasteiger partial charge in [0.2, 0.25) is 5.91 Å². The molecule has 0 aliphatic carbocycles. The van der Waals surface area contributed by atoms with Crippen molar-refractivity contribution in [1.29, 1.82) is 0 Å². The van der Waals surface area contributed by atoms with Crippen molar-refractivity contribution >= 4 is 28.6 Å². The Kier molecular flexibility index (Phi) is 2.40. The Balaban J connectivity index is 1.93. The Bertz CT molecular complexity index is 351. The molecule has 14 heavy (non-hydrogen) atoms. The van der Waals surface area contributed by atoms with Crippen LogP contribution in [0.2, 0.25) is 0 Å². The summed E-state index contributed by atoms with van der Waals surface area (Å²) in [5, 5.41) is 11.3. The van der Waals surface area contributed by atoms with Crippen LogP contribution in [0.15, 0.2) is 12.4 Å². The van der Waals surface area contributed by atoms with E-state index in [-0.39, 0.29) is 11.1 Å². The van der Waals surface area contributed by atoms with E-state index in [1.54, 1.807) is 6.20 Å². The van der Waals surface area contributed by atoms with Crippen LogP contribution in [0.1, 0.15) is 0 Å². The summed E-state index contributed by atoms with van der Waals surface area (Å²) in [6.07, 6.45) is 3.07. The van der Waals surface area contributed by atoms with Gasteiger partial charge >= 0.3 is 0 Å². The highest BCUT2D eigenvalue weighted by molar-refractivity contribution is 8.14. The smallest absolute Gasteiger partial charge is 0.279 e. The van der Waals surface area contributed by atoms with Gasteiger partial charge in [-0.1, -0.05) is 11.8 Å². The van der Waals surface area contributed by atoms with Gasteiger partial charge in [-0.2, -0.15) is 5.10 Å². The maximum Gasteiger partial charge on any atom is 0.279 e. The minimum atomic E-state index is -0.442. The topological polar surface area (TPSA) is 86.9 Å². The lowest BCUT2D eigenvalue weighted by atomic mass is 10.3. The second kappa shape index (κ2) is 3.70. The average Bonchev–Trinajstić information content (AvgIpc) is 2.75. The molecular weight excluding hydrogens is 204 g/mol. The van der Waals surface area contributed by atoms with E-state index >= 15 is 0 Å². The summed E-state index contributed by atoms with van der Waals surface area (Å²) in [5.74, 6) is 0.257. The van der Waals surface area contributed by atoms with Gasteiger partial charge in [0.25, 0.3) is 5.24 Å². The molecule has 0 spiro atoms. The van der Waals surface area contributed by atoms with Gasteiger partial charge in [-0.15, -0.1) is 0 Å². The summed E-state index contributed by atoms with van der Waals surface area (Å²) in [6, 6.07) is -0.442. The summed E-state index contributed by atoms with van der Waals surface area (Å²) in [5.41, 5.74) is 0.598. The van der Waals surface area contributed by atoms with Crippen molar-refractivity contribution in [3.63, 3.8) is 0 Å². The van der Waals surface area contributed by atoms with Gasteiger partial charge in [0.1, 0.15) is 6.04 Å². The van der Waals surface area contributed by atoms with Gasteiger partial charge in [-0.25, -0.2) is 0 Å². The number of rotatable bonds is 2. The number of H-pyrrole nitrogens is 1. The van der Waals surface area contributed by atoms with Crippen LogP contribution >= 0.6 is 11.8 Å². The van der Waals surface area contributed by atoms with Crippen LogP contribution in [0.3, 0.4) is 0 Å². The molecule has 1 aromatic rings. The van der Waals surface area contributed by atoms with Crippen LogP contribution in [-0.2, 0) is 4.79 Å². The lowest BCUT2D eigenvalue weighted by Gasteiger charge is -2.07. The second-order valence-corrected chi connectivity index (χ2v) is 3.76. The number of nitrogens with one attached hydrogen (secondary N) is 3. The number of amides is 2. The van der Waals surface area contributed by atoms with E-state index < -0.39 is 6.04 Å². The minimum Gasteiger partial charge on any atom is -0.334 e. The molecule has 3 N–H and O–H groups in total. The molecule has 1 saturated heterocycles. The lowest BCUT2D eigenvalue weighted by molar-refractivity contribution is -0.117. The van der Waals surface area contributed by atoms with Crippen molar-refractivity contribution in [3.8, 4) is 0 Å². The predicted octanol–water partition coefficient (Wildman–Crippen LogP) is 0.173. The average molecular weight is 212 g/mol. The van der Waals surface area contributed by atoms with Crippen LogP contribution in [0.5, 0.6) is 0 Å². The van der Waals surface area contributed by atoms with Crippen molar-refractivity contribution in [3.05, 3.63) is 12.4 Å². The van der Waals surface area contributed by atoms with Gasteiger partial charge in [-0.3, -0.25) is 14.7 Å². The van der Waals surface area contributed by atoms with E-state index in [0.717, 1.165) is 11.8 Å². The molecule has 0 aromatic carbocycles. The number of carbonyl (C=O) groups is 2. The van der Waals surface area contributed by atoms with Crippen LogP contribution in [0.25, 0.3) is 0 Å². The van der Waals surface area contributed by atoms with E-state index in [1.807, 2.05) is 0 Å². The van der Waals surface area contributed by atoms with Gasteiger partial charge < -0.3 is 10.6 Å². The van der Waals surface area contributed by atoms with Crippen molar-refractivity contribution in [2.45, 2.75) is 6.04 Å². The first-order valence-corrected chi connectivity index (χ1v) is 4.97. The highest BCUT2D eigenvalue weighted by atomic mass is 32.2. The molecule has 1 unspecified atom stereocenters. The second-order valence-electron chi connectivity index (χ2n) is 2.77. The van der Waals surface area contributed by atoms with Gasteiger partial charge in [0.05, 0.1) is 11.9 Å². The summed E-state index contributed by atoms with van der Waals surface area (Å²) in [6.45, 7) is 0. The number of carbonyl (C=O) groups excluding carboxylic acids is 2. The molecule has 0 saturated carbocycles. The number of thioether (sulfide) groups is 1. The molecule has 74 valence electrons. The number of hydrogen-bond donors (Lipinski definition) is 3. The third kappa shape index (κ3) is 1.87. The lowest BCUT2D eigenvalue weighted by Crippen LogP contribution is -2.38. The van der Waals surface area contributed by atoms with E-state index in [9.17, 15) is 9.59 Å². The monoisotopic (exact) mass is 212 g/mol. The molecule has 1 aromatic heterocycles. The van der Waals surface area contributed by atoms with Crippen LogP contribution in [-0.4, -0.2) is 33.1 Å². The molecule has 1 aliphatic rings. The largest absolute Gasteiger partial charge is 0.334 e. The molecule has 1 fully saturated rings. The number of aromatic amines is 1. The van der Waals surface area contributed by atoms with Gasteiger partial charge in [0, 0.05) is 11.9 Å². The molecule has 0 bridgehead atoms. The maximum absolute atomic E-state index is 11.5. The highest BCUT2D eigenvalue weighted by Gasteiger charge is 2.27. The Morgan fingerprint density at radius 2 is 2.57 bits per heavy atom. The Morgan fingerprint density at radius 3 is 3.14 bits per heavy atom. The SMILES string of the molecule is O=C1NC(C(=O)Nc2cn[nH]c2)CS1. The Morgan fingerprint density at radius 1 is 1.71 bits per heavy atom. The normalized spacial score (nSPS) is 20.6. The quantitative estimate of drug-likeness (QED) is 0.652. The van der Waals surface area contributed by atoms with Crippen molar-refractivity contribution in [1.82, 2.24) is 15.5 Å². The zero-order valence-corrected chi connectivity index (χ0v) is 7.93. The molecule has 7 heteroatoms. The first-order chi connectivity index (χ1) is 6.75. The van der Waals surface area contributed by atoms with E-state index in [2.05, 4.69) is 20.8 Å². The Labute approximate surface area is 83.8 Å². The first kappa shape index (κ1) is 9.07. The summed E-state index contributed by atoms with van der Waals surface area (Å²) in [7, 11) is 0. The third-order valence-electron chi connectivity index (χ3n) is 1.76. The van der Waals surface area contributed by atoms with Crippen molar-refractivity contribution in [2.24, 2.45) is 0 Å². The molecule has 1 atom stereocenters. The number of nitrogens with zero attached hydrogens (tertiary/aromatic N) is 1. The van der Waals surface area contributed by atoms with Crippen molar-refractivity contribution < 1.29 is 9.59 Å². The van der Waals surface area contributed by atoms with E-state index in [4.69, 9.17) is 0 Å². The van der Waals surface area contributed by atoms with Crippen LogP contribution in [0.4, 0.5) is 10.5 Å². The van der Waals surface area contributed by atoms with Crippen molar-refractivity contribution in [2.75, 3.05) is 11.1 Å². The molecular formula is C7H8N4O2S. The number of hydrogen-bond acceptors (Lipinski definition) is 4. The van der Waals surface area contributed by atoms with E-state index in [0.29, 0.717) is 11.4 Å². The summed E-state index contributed by atoms with van der Waals surface area (Å²) in [4.78, 5) is 22.3. The van der Waals surface area contributed by atoms with Crippen LogP contribution < -0.4 is 10.6 Å². The fourth-order valence-corrected chi connectivity index (χ4v) is 1.85. The zero-order chi connectivity index (χ0) is 9.97. The standard InChI is InChI=1S/C7H8N4O2S/c12-6(5-3-14-7(13)11-5)10-4-1-8-9-2-4/h1-2,5H,3H2,(H,8,9)(H,10,12)(H,11,13). The highest BCUT2D eigenvalue weighted by Crippen LogP contribution is 2.14. The first-order valence-electron chi connectivity index (χ1n) is 3.98. The molecule has 1 aliphatic heterocycles. The minimum absolute atomic E-state index is 0.155. The molecule has 2 heterocycles. The summed E-state index contributed by atoms with van der Waals surface area (Å²) >= 11 is 1.11. The molecule has 2 rings (SSSR count). The predicted molar refractivity (Wildman–Crippen MR) is 52.0 cm³/mol.